The van der Waals surface area contributed by atoms with E-state index >= 15 is 0 Å². The van der Waals surface area contributed by atoms with Gasteiger partial charge in [0.2, 0.25) is 0 Å². The highest BCUT2D eigenvalue weighted by Gasteiger charge is 2.30. The highest BCUT2D eigenvalue weighted by molar-refractivity contribution is 5.77. The second-order valence-corrected chi connectivity index (χ2v) is 4.79. The van der Waals surface area contributed by atoms with Gasteiger partial charge in [-0.05, 0) is 33.6 Å². The molecule has 2 amide bonds. The molecule has 0 aromatic carbocycles. The predicted octanol–water partition coefficient (Wildman–Crippen LogP) is 1.63. The first kappa shape index (κ1) is 13.8. The number of carbonyl (C=O) groups excluding carboxylic acids is 1. The minimum Gasteiger partial charge on any atom is -0.481 e. The number of rotatable bonds is 3. The molecule has 5 nitrogen and oxygen atoms in total. The topological polar surface area (TPSA) is 60.9 Å². The van der Waals surface area contributed by atoms with E-state index in [0.29, 0.717) is 26.1 Å². The molecule has 1 aliphatic rings. The van der Waals surface area contributed by atoms with Crippen molar-refractivity contribution in [3.63, 3.8) is 0 Å². The fourth-order valence-electron chi connectivity index (χ4n) is 2.26. The van der Waals surface area contributed by atoms with Crippen molar-refractivity contribution in [3.8, 4) is 0 Å². The van der Waals surface area contributed by atoms with Gasteiger partial charge in [-0.25, -0.2) is 4.79 Å². The van der Waals surface area contributed by atoms with Crippen LogP contribution in [0.4, 0.5) is 4.79 Å². The molecule has 1 N–H and O–H groups in total. The minimum absolute atomic E-state index is 0.0338. The molecule has 0 aromatic rings. The Bertz CT molecular complexity index is 291. The Morgan fingerprint density at radius 2 is 2.12 bits per heavy atom. The molecule has 0 spiro atoms. The summed E-state index contributed by atoms with van der Waals surface area (Å²) in [5, 5.41) is 8.99. The smallest absolute Gasteiger partial charge is 0.320 e. The zero-order valence-electron chi connectivity index (χ0n) is 10.8. The summed E-state index contributed by atoms with van der Waals surface area (Å²) in [7, 11) is 0. The van der Waals surface area contributed by atoms with Gasteiger partial charge in [0, 0.05) is 25.7 Å². The molecule has 0 aliphatic carbocycles. The van der Waals surface area contributed by atoms with E-state index in [4.69, 9.17) is 5.11 Å². The lowest BCUT2D eigenvalue weighted by atomic mass is 9.98. The van der Waals surface area contributed by atoms with E-state index in [9.17, 15) is 9.59 Å². The molecule has 1 saturated heterocycles. The highest BCUT2D eigenvalue weighted by atomic mass is 16.4. The quantitative estimate of drug-likeness (QED) is 0.818. The Morgan fingerprint density at radius 3 is 2.59 bits per heavy atom. The Balaban J connectivity index is 2.65. The molecule has 1 rings (SSSR count). The average Bonchev–Trinajstić information content (AvgIpc) is 2.29. The number of carboxylic acids is 1. The van der Waals surface area contributed by atoms with Crippen molar-refractivity contribution < 1.29 is 14.7 Å². The van der Waals surface area contributed by atoms with Gasteiger partial charge < -0.3 is 14.9 Å². The zero-order chi connectivity index (χ0) is 13.0. The Morgan fingerprint density at radius 1 is 1.47 bits per heavy atom. The third-order valence-corrected chi connectivity index (χ3v) is 3.25. The van der Waals surface area contributed by atoms with E-state index in [0.717, 1.165) is 6.42 Å². The van der Waals surface area contributed by atoms with Gasteiger partial charge in [0.1, 0.15) is 0 Å². The fourth-order valence-corrected chi connectivity index (χ4v) is 2.26. The van der Waals surface area contributed by atoms with Gasteiger partial charge in [0.15, 0.2) is 0 Å². The second-order valence-electron chi connectivity index (χ2n) is 4.79. The number of nitrogens with zero attached hydrogens (tertiary/aromatic N) is 2. The Labute approximate surface area is 102 Å². The lowest BCUT2D eigenvalue weighted by molar-refractivity contribution is -0.143. The van der Waals surface area contributed by atoms with Crippen LogP contribution in [0.3, 0.4) is 0 Å². The monoisotopic (exact) mass is 242 g/mol. The van der Waals surface area contributed by atoms with Gasteiger partial charge in [-0.3, -0.25) is 4.79 Å². The molecule has 98 valence electrons. The van der Waals surface area contributed by atoms with Crippen LogP contribution in [0.25, 0.3) is 0 Å². The Kier molecular flexibility index (Phi) is 4.78. The van der Waals surface area contributed by atoms with Crippen LogP contribution in [0.5, 0.6) is 0 Å². The van der Waals surface area contributed by atoms with Crippen molar-refractivity contribution in [2.24, 2.45) is 5.92 Å². The van der Waals surface area contributed by atoms with Gasteiger partial charge in [0.25, 0.3) is 0 Å². The van der Waals surface area contributed by atoms with Gasteiger partial charge in [-0.15, -0.1) is 0 Å². The highest BCUT2D eigenvalue weighted by Crippen LogP contribution is 2.18. The number of carboxylic acid groups (broad SMARTS) is 1. The zero-order valence-corrected chi connectivity index (χ0v) is 10.8. The summed E-state index contributed by atoms with van der Waals surface area (Å²) in [6.07, 6.45) is 1.45. The van der Waals surface area contributed by atoms with E-state index in [1.54, 1.807) is 9.80 Å². The molecule has 1 aliphatic heterocycles. The van der Waals surface area contributed by atoms with Gasteiger partial charge in [-0.1, -0.05) is 0 Å². The maximum absolute atomic E-state index is 12.2. The normalized spacial score (nSPS) is 20.5. The number of carbonyl (C=O) groups is 2. The first-order valence-electron chi connectivity index (χ1n) is 6.25. The molecule has 0 unspecified atom stereocenters. The summed E-state index contributed by atoms with van der Waals surface area (Å²) in [6.45, 7) is 7.56. The van der Waals surface area contributed by atoms with Crippen molar-refractivity contribution in [1.29, 1.82) is 0 Å². The molecule has 0 aromatic heterocycles. The number of likely N-dealkylation sites (tertiary alicyclic amines) is 1. The summed E-state index contributed by atoms with van der Waals surface area (Å²) in [4.78, 5) is 26.6. The van der Waals surface area contributed by atoms with Crippen molar-refractivity contribution in [3.05, 3.63) is 0 Å². The minimum atomic E-state index is -0.796. The molecule has 5 heteroatoms. The van der Waals surface area contributed by atoms with Crippen LogP contribution in [0.1, 0.15) is 33.6 Å². The van der Waals surface area contributed by atoms with Crippen LogP contribution in [0, 0.1) is 5.92 Å². The molecule has 1 fully saturated rings. The van der Waals surface area contributed by atoms with Crippen LogP contribution >= 0.6 is 0 Å². The van der Waals surface area contributed by atoms with E-state index < -0.39 is 11.9 Å². The van der Waals surface area contributed by atoms with E-state index in [1.165, 1.54) is 0 Å². The standard InChI is InChI=1S/C12H22N2O3/c1-4-14(9(2)3)12(17)13-7-5-6-10(8-13)11(15)16/h9-10H,4-8H2,1-3H3,(H,15,16)/t10-/m0/s1. The third-order valence-electron chi connectivity index (χ3n) is 3.25. The lowest BCUT2D eigenvalue weighted by Gasteiger charge is -2.36. The fraction of sp³-hybridized carbons (Fsp3) is 0.833. The molecule has 17 heavy (non-hydrogen) atoms. The van der Waals surface area contributed by atoms with E-state index in [-0.39, 0.29) is 12.1 Å². The molecule has 1 atom stereocenters. The van der Waals surface area contributed by atoms with Gasteiger partial charge in [-0.2, -0.15) is 0 Å². The summed E-state index contributed by atoms with van der Waals surface area (Å²) in [6, 6.07) is 0.117. The number of aliphatic carboxylic acids is 1. The number of hydrogen-bond acceptors (Lipinski definition) is 2. The molecular weight excluding hydrogens is 220 g/mol. The predicted molar refractivity (Wildman–Crippen MR) is 64.8 cm³/mol. The second kappa shape index (κ2) is 5.89. The SMILES string of the molecule is CCN(C(=O)N1CCC[C@H](C(=O)O)C1)C(C)C. The van der Waals surface area contributed by atoms with E-state index in [1.807, 2.05) is 20.8 Å². The molecule has 0 bridgehead atoms. The number of piperidine rings is 1. The lowest BCUT2D eigenvalue weighted by Crippen LogP contribution is -2.50. The molecule has 1 heterocycles. The van der Waals surface area contributed by atoms with Gasteiger partial charge in [0.05, 0.1) is 5.92 Å². The van der Waals surface area contributed by atoms with Crippen molar-refractivity contribution >= 4 is 12.0 Å². The molecular formula is C12H22N2O3. The summed E-state index contributed by atoms with van der Waals surface area (Å²) in [5.74, 6) is -1.20. The van der Waals surface area contributed by atoms with Crippen LogP contribution in [-0.2, 0) is 4.79 Å². The first-order valence-corrected chi connectivity index (χ1v) is 6.25. The van der Waals surface area contributed by atoms with Gasteiger partial charge >= 0.3 is 12.0 Å². The number of urea groups is 1. The summed E-state index contributed by atoms with van der Waals surface area (Å²) >= 11 is 0. The summed E-state index contributed by atoms with van der Waals surface area (Å²) in [5.41, 5.74) is 0. The first-order chi connectivity index (χ1) is 7.97. The van der Waals surface area contributed by atoms with Crippen molar-refractivity contribution in [1.82, 2.24) is 9.80 Å². The molecule has 0 saturated carbocycles. The largest absolute Gasteiger partial charge is 0.481 e. The summed E-state index contributed by atoms with van der Waals surface area (Å²) < 4.78 is 0. The maximum Gasteiger partial charge on any atom is 0.320 e. The van der Waals surface area contributed by atoms with Crippen LogP contribution in [0.15, 0.2) is 0 Å². The van der Waals surface area contributed by atoms with Crippen LogP contribution < -0.4 is 0 Å². The maximum atomic E-state index is 12.2. The van der Waals surface area contributed by atoms with Crippen molar-refractivity contribution in [2.45, 2.75) is 39.7 Å². The number of amides is 2. The molecule has 0 radical (unpaired) electrons. The third kappa shape index (κ3) is 3.35. The van der Waals surface area contributed by atoms with E-state index in [2.05, 4.69) is 0 Å². The number of hydrogen-bond donors (Lipinski definition) is 1. The average molecular weight is 242 g/mol. The Hall–Kier alpha value is -1.26. The van der Waals surface area contributed by atoms with Crippen LogP contribution in [0.2, 0.25) is 0 Å². The van der Waals surface area contributed by atoms with Crippen molar-refractivity contribution in [2.75, 3.05) is 19.6 Å². The van der Waals surface area contributed by atoms with Crippen LogP contribution in [-0.4, -0.2) is 52.6 Å².